The second-order valence-electron chi connectivity index (χ2n) is 8.12. The van der Waals surface area contributed by atoms with Crippen LogP contribution in [0.25, 0.3) is 5.95 Å². The van der Waals surface area contributed by atoms with Crippen molar-refractivity contribution in [3.8, 4) is 5.95 Å². The molecule has 1 fully saturated rings. The van der Waals surface area contributed by atoms with Gasteiger partial charge in [-0.15, -0.1) is 0 Å². The number of aromatic nitrogens is 4. The molecule has 0 spiro atoms. The Morgan fingerprint density at radius 2 is 1.91 bits per heavy atom. The summed E-state index contributed by atoms with van der Waals surface area (Å²) in [5.74, 6) is -0.241. The normalized spacial score (nSPS) is 15.9. The van der Waals surface area contributed by atoms with Gasteiger partial charge in [0.15, 0.2) is 0 Å². The molecule has 2 N–H and O–H groups in total. The largest absolute Gasteiger partial charge is 0.312 e. The van der Waals surface area contributed by atoms with Gasteiger partial charge in [-0.05, 0) is 39.3 Å². The first-order valence-corrected chi connectivity index (χ1v) is 10.6. The van der Waals surface area contributed by atoms with Crippen LogP contribution in [0, 0.1) is 26.7 Å². The van der Waals surface area contributed by atoms with E-state index >= 15 is 0 Å². The molecule has 2 amide bonds. The second-order valence-corrected chi connectivity index (χ2v) is 8.12. The van der Waals surface area contributed by atoms with Gasteiger partial charge in [-0.2, -0.15) is 9.78 Å². The minimum Gasteiger partial charge on any atom is -0.312 e. The summed E-state index contributed by atoms with van der Waals surface area (Å²) in [7, 11) is 0. The Bertz CT molecular complexity index is 1240. The smallest absolute Gasteiger partial charge is 0.255 e. The van der Waals surface area contributed by atoms with Crippen molar-refractivity contribution in [3.63, 3.8) is 0 Å². The number of H-pyrrole nitrogens is 1. The molecular formula is C23H26N6O3. The average Bonchev–Trinajstić information content (AvgIpc) is 3.31. The summed E-state index contributed by atoms with van der Waals surface area (Å²) in [6.45, 7) is 7.74. The highest BCUT2D eigenvalue weighted by Crippen LogP contribution is 2.26. The molecule has 166 valence electrons. The zero-order chi connectivity index (χ0) is 23.0. The van der Waals surface area contributed by atoms with Crippen LogP contribution < -0.4 is 15.8 Å². The van der Waals surface area contributed by atoms with Crippen LogP contribution >= 0.6 is 0 Å². The number of amides is 2. The third-order valence-corrected chi connectivity index (χ3v) is 5.69. The van der Waals surface area contributed by atoms with Gasteiger partial charge >= 0.3 is 0 Å². The Kier molecular flexibility index (Phi) is 5.65. The molecule has 1 saturated heterocycles. The molecule has 9 heteroatoms. The quantitative estimate of drug-likeness (QED) is 0.640. The number of carbonyl (C=O) groups excluding carboxylic acids is 2. The highest BCUT2D eigenvalue weighted by Gasteiger charge is 2.35. The summed E-state index contributed by atoms with van der Waals surface area (Å²) in [6, 6.07) is 9.36. The molecule has 3 aromatic rings. The number of rotatable bonds is 5. The number of aryl methyl sites for hydroxylation is 3. The minimum absolute atomic E-state index is 0.0875. The lowest BCUT2D eigenvalue weighted by atomic mass is 10.1. The number of aromatic amines is 1. The molecule has 0 radical (unpaired) electrons. The number of nitrogens with one attached hydrogen (secondary N) is 2. The first-order chi connectivity index (χ1) is 15.3. The van der Waals surface area contributed by atoms with Gasteiger partial charge in [0.05, 0.1) is 11.6 Å². The first kappa shape index (κ1) is 21.5. The monoisotopic (exact) mass is 434 g/mol. The van der Waals surface area contributed by atoms with Crippen molar-refractivity contribution in [3.05, 3.63) is 63.2 Å². The molecule has 0 unspecified atom stereocenters. The maximum absolute atomic E-state index is 13.0. The second kappa shape index (κ2) is 8.41. The summed E-state index contributed by atoms with van der Waals surface area (Å²) in [6.07, 6.45) is 0.704. The van der Waals surface area contributed by atoms with Crippen molar-refractivity contribution >= 4 is 23.3 Å². The molecular weight excluding hydrogens is 408 g/mol. The summed E-state index contributed by atoms with van der Waals surface area (Å²) in [5, 5.41) is 7.24. The van der Waals surface area contributed by atoms with Crippen molar-refractivity contribution in [2.45, 2.75) is 40.5 Å². The molecule has 0 aliphatic carbocycles. The molecule has 2 aromatic heterocycles. The van der Waals surface area contributed by atoms with E-state index < -0.39 is 5.92 Å². The third-order valence-electron chi connectivity index (χ3n) is 5.69. The zero-order valence-electron chi connectivity index (χ0n) is 18.6. The van der Waals surface area contributed by atoms with E-state index in [4.69, 9.17) is 0 Å². The number of carbonyl (C=O) groups is 2. The molecule has 1 aromatic carbocycles. The Hall–Kier alpha value is -3.75. The molecule has 3 heterocycles. The maximum atomic E-state index is 13.0. The van der Waals surface area contributed by atoms with Gasteiger partial charge in [0.2, 0.25) is 17.8 Å². The number of hydrogen-bond acceptors (Lipinski definition) is 5. The predicted molar refractivity (Wildman–Crippen MR) is 121 cm³/mol. The molecule has 1 aliphatic rings. The van der Waals surface area contributed by atoms with Crippen molar-refractivity contribution in [1.29, 1.82) is 0 Å². The SMILES string of the molecule is CCc1c(C)nc(-n2nc(C)cc2NC(=O)[C@H]2CC(=O)N(c3ccc(C)cc3)C2)[nH]c1=O. The van der Waals surface area contributed by atoms with Crippen LogP contribution in [-0.2, 0) is 16.0 Å². The van der Waals surface area contributed by atoms with Crippen molar-refractivity contribution in [2.75, 3.05) is 16.8 Å². The number of hydrogen-bond donors (Lipinski definition) is 2. The summed E-state index contributed by atoms with van der Waals surface area (Å²) in [5.41, 5.74) is 3.55. The fourth-order valence-electron chi connectivity index (χ4n) is 3.95. The van der Waals surface area contributed by atoms with Gasteiger partial charge < -0.3 is 10.2 Å². The Morgan fingerprint density at radius 1 is 1.19 bits per heavy atom. The van der Waals surface area contributed by atoms with E-state index in [2.05, 4.69) is 20.4 Å². The molecule has 0 saturated carbocycles. The Morgan fingerprint density at radius 3 is 2.56 bits per heavy atom. The predicted octanol–water partition coefficient (Wildman–Crippen LogP) is 2.43. The van der Waals surface area contributed by atoms with Gasteiger partial charge in [0, 0.05) is 36.0 Å². The lowest BCUT2D eigenvalue weighted by Gasteiger charge is -2.17. The van der Waals surface area contributed by atoms with Crippen LogP contribution in [0.5, 0.6) is 0 Å². The van der Waals surface area contributed by atoms with Gasteiger partial charge in [0.1, 0.15) is 5.82 Å². The van der Waals surface area contributed by atoms with E-state index in [1.807, 2.05) is 38.1 Å². The molecule has 4 rings (SSSR count). The number of benzene rings is 1. The summed E-state index contributed by atoms with van der Waals surface area (Å²) < 4.78 is 1.41. The fraction of sp³-hybridized carbons (Fsp3) is 0.348. The highest BCUT2D eigenvalue weighted by atomic mass is 16.2. The topological polar surface area (TPSA) is 113 Å². The Labute approximate surface area is 185 Å². The number of nitrogens with zero attached hydrogens (tertiary/aromatic N) is 4. The van der Waals surface area contributed by atoms with E-state index in [-0.39, 0.29) is 29.7 Å². The number of anilines is 2. The molecule has 1 aliphatic heterocycles. The lowest BCUT2D eigenvalue weighted by Crippen LogP contribution is -2.29. The van der Waals surface area contributed by atoms with Crippen molar-refractivity contribution in [2.24, 2.45) is 5.92 Å². The van der Waals surface area contributed by atoms with Crippen molar-refractivity contribution in [1.82, 2.24) is 19.7 Å². The van der Waals surface area contributed by atoms with Gasteiger partial charge in [-0.1, -0.05) is 24.6 Å². The van der Waals surface area contributed by atoms with E-state index in [0.717, 1.165) is 11.3 Å². The standard InChI is InChI=1S/C23H26N6O3/c1-5-18-15(4)24-23(26-22(18)32)29-19(10-14(3)27-29)25-21(31)16-11-20(30)28(12-16)17-8-6-13(2)7-9-17/h6-10,16H,5,11-12H2,1-4H3,(H,25,31)(H,24,26,32)/t16-/m0/s1. The lowest BCUT2D eigenvalue weighted by molar-refractivity contribution is -0.122. The van der Waals surface area contributed by atoms with E-state index in [1.54, 1.807) is 24.8 Å². The van der Waals surface area contributed by atoms with E-state index in [9.17, 15) is 14.4 Å². The van der Waals surface area contributed by atoms with Crippen LogP contribution in [0.1, 0.15) is 35.9 Å². The van der Waals surface area contributed by atoms with Crippen LogP contribution in [0.4, 0.5) is 11.5 Å². The zero-order valence-corrected chi connectivity index (χ0v) is 18.6. The Balaban J connectivity index is 1.56. The van der Waals surface area contributed by atoms with Crippen LogP contribution in [0.15, 0.2) is 35.1 Å². The minimum atomic E-state index is -0.497. The van der Waals surface area contributed by atoms with Gasteiger partial charge in [-0.25, -0.2) is 4.98 Å². The molecule has 0 bridgehead atoms. The summed E-state index contributed by atoms with van der Waals surface area (Å²) >= 11 is 0. The molecule has 1 atom stereocenters. The van der Waals surface area contributed by atoms with E-state index in [1.165, 1.54) is 4.68 Å². The molecule has 9 nitrogen and oxygen atoms in total. The van der Waals surface area contributed by atoms with Crippen LogP contribution in [-0.4, -0.2) is 38.1 Å². The van der Waals surface area contributed by atoms with E-state index in [0.29, 0.717) is 35.7 Å². The van der Waals surface area contributed by atoms with Crippen LogP contribution in [0.2, 0.25) is 0 Å². The van der Waals surface area contributed by atoms with Crippen molar-refractivity contribution < 1.29 is 9.59 Å². The summed E-state index contributed by atoms with van der Waals surface area (Å²) in [4.78, 5) is 46.7. The molecule has 32 heavy (non-hydrogen) atoms. The highest BCUT2D eigenvalue weighted by molar-refractivity contribution is 6.03. The van der Waals surface area contributed by atoms with Gasteiger partial charge in [0.25, 0.3) is 5.56 Å². The average molecular weight is 435 g/mol. The fourth-order valence-corrected chi connectivity index (χ4v) is 3.95. The maximum Gasteiger partial charge on any atom is 0.255 e. The van der Waals surface area contributed by atoms with Crippen LogP contribution in [0.3, 0.4) is 0 Å². The third kappa shape index (κ3) is 4.05. The van der Waals surface area contributed by atoms with Gasteiger partial charge in [-0.3, -0.25) is 19.4 Å². The first-order valence-electron chi connectivity index (χ1n) is 10.6.